The van der Waals surface area contributed by atoms with E-state index in [4.69, 9.17) is 21.8 Å². The molecule has 1 aromatic carbocycles. The van der Waals surface area contributed by atoms with Crippen molar-refractivity contribution in [1.82, 2.24) is 0 Å². The largest absolute Gasteiger partial charge is 0.452 e. The molecule has 0 saturated carbocycles. The van der Waals surface area contributed by atoms with Crippen LogP contribution in [0.25, 0.3) is 0 Å². The lowest BCUT2D eigenvalue weighted by Crippen LogP contribution is -2.11. The van der Waals surface area contributed by atoms with Crippen molar-refractivity contribution < 1.29 is 8.81 Å². The number of hydrogen-bond donors (Lipinski definition) is 1. The molecule has 2 rings (SSSR count). The van der Waals surface area contributed by atoms with E-state index in [0.717, 1.165) is 0 Å². The third kappa shape index (κ3) is 2.14. The van der Waals surface area contributed by atoms with Crippen LogP contribution < -0.4 is 5.73 Å². The maximum Gasteiger partial charge on any atom is 0.169 e. The third-order valence-electron chi connectivity index (χ3n) is 2.22. The van der Waals surface area contributed by atoms with Crippen molar-refractivity contribution >= 4 is 27.5 Å². The van der Waals surface area contributed by atoms with Crippen LogP contribution in [0.2, 0.25) is 5.02 Å². The summed E-state index contributed by atoms with van der Waals surface area (Å²) in [4.78, 5) is 0. The van der Waals surface area contributed by atoms with Crippen molar-refractivity contribution in [3.63, 3.8) is 0 Å². The molecule has 1 atom stereocenters. The molecule has 2 aromatic rings. The summed E-state index contributed by atoms with van der Waals surface area (Å²) in [5.74, 6) is 0.0413. The zero-order chi connectivity index (χ0) is 11.7. The minimum Gasteiger partial charge on any atom is -0.452 e. The average Bonchev–Trinajstić information content (AvgIpc) is 2.68. The SMILES string of the molecule is NC(c1ccc(Br)o1)c1cccc(F)c1Cl. The summed E-state index contributed by atoms with van der Waals surface area (Å²) >= 11 is 9.01. The number of halogens is 3. The monoisotopic (exact) mass is 303 g/mol. The molecule has 1 unspecified atom stereocenters. The van der Waals surface area contributed by atoms with Crippen LogP contribution >= 0.6 is 27.5 Å². The lowest BCUT2D eigenvalue weighted by molar-refractivity contribution is 0.469. The fourth-order valence-corrected chi connectivity index (χ4v) is 1.97. The summed E-state index contributed by atoms with van der Waals surface area (Å²) in [6.07, 6.45) is 0. The number of nitrogens with two attached hydrogens (primary N) is 1. The van der Waals surface area contributed by atoms with E-state index in [1.165, 1.54) is 6.07 Å². The maximum absolute atomic E-state index is 13.2. The van der Waals surface area contributed by atoms with Crippen molar-refractivity contribution in [3.8, 4) is 0 Å². The zero-order valence-electron chi connectivity index (χ0n) is 8.08. The van der Waals surface area contributed by atoms with Crippen molar-refractivity contribution in [3.05, 3.63) is 57.2 Å². The first-order valence-electron chi connectivity index (χ1n) is 4.54. The molecule has 0 spiro atoms. The molecule has 16 heavy (non-hydrogen) atoms. The Bertz CT molecular complexity index is 514. The van der Waals surface area contributed by atoms with Crippen LogP contribution in [0.15, 0.2) is 39.4 Å². The minimum atomic E-state index is -0.575. The zero-order valence-corrected chi connectivity index (χ0v) is 10.4. The highest BCUT2D eigenvalue weighted by Crippen LogP contribution is 2.30. The third-order valence-corrected chi connectivity index (χ3v) is 3.04. The van der Waals surface area contributed by atoms with Gasteiger partial charge in [0, 0.05) is 0 Å². The van der Waals surface area contributed by atoms with Gasteiger partial charge in [0.15, 0.2) is 4.67 Å². The van der Waals surface area contributed by atoms with Crippen molar-refractivity contribution in [2.45, 2.75) is 6.04 Å². The van der Waals surface area contributed by atoms with Gasteiger partial charge in [-0.25, -0.2) is 4.39 Å². The summed E-state index contributed by atoms with van der Waals surface area (Å²) < 4.78 is 19.1. The Labute approximate surface area is 105 Å². The highest BCUT2D eigenvalue weighted by molar-refractivity contribution is 9.10. The van der Waals surface area contributed by atoms with Gasteiger partial charge in [0.25, 0.3) is 0 Å². The predicted octanol–water partition coefficient (Wildman–Crippen LogP) is 3.88. The Balaban J connectivity index is 2.41. The van der Waals surface area contributed by atoms with Crippen molar-refractivity contribution in [1.29, 1.82) is 0 Å². The molecule has 1 aromatic heterocycles. The molecule has 2 N–H and O–H groups in total. The molecular formula is C11H8BrClFNO. The molecule has 0 fully saturated rings. The Kier molecular flexibility index (Phi) is 3.33. The molecular weight excluding hydrogens is 296 g/mol. The van der Waals surface area contributed by atoms with Gasteiger partial charge in [0.05, 0.1) is 11.1 Å². The number of rotatable bonds is 2. The highest BCUT2D eigenvalue weighted by Gasteiger charge is 2.17. The van der Waals surface area contributed by atoms with Crippen LogP contribution in [-0.4, -0.2) is 0 Å². The lowest BCUT2D eigenvalue weighted by atomic mass is 10.1. The Hall–Kier alpha value is -0.840. The van der Waals surface area contributed by atoms with Gasteiger partial charge < -0.3 is 10.2 Å². The van der Waals surface area contributed by atoms with E-state index in [1.807, 2.05) is 0 Å². The van der Waals surface area contributed by atoms with Crippen LogP contribution in [0, 0.1) is 5.82 Å². The van der Waals surface area contributed by atoms with E-state index in [1.54, 1.807) is 24.3 Å². The maximum atomic E-state index is 13.2. The van der Waals surface area contributed by atoms with Gasteiger partial charge in [-0.3, -0.25) is 0 Å². The fourth-order valence-electron chi connectivity index (χ4n) is 1.41. The van der Waals surface area contributed by atoms with E-state index in [0.29, 0.717) is 16.0 Å². The molecule has 0 saturated heterocycles. The average molecular weight is 305 g/mol. The molecule has 0 radical (unpaired) electrons. The van der Waals surface area contributed by atoms with E-state index in [9.17, 15) is 4.39 Å². The standard InChI is InChI=1S/C11H8BrClFNO/c12-9-5-4-8(16-9)11(15)6-2-1-3-7(14)10(6)13/h1-5,11H,15H2. The fraction of sp³-hybridized carbons (Fsp3) is 0.0909. The minimum absolute atomic E-state index is 0.0301. The van der Waals surface area contributed by atoms with Crippen LogP contribution in [0.3, 0.4) is 0 Å². The van der Waals surface area contributed by atoms with Gasteiger partial charge in [-0.2, -0.15) is 0 Å². The second-order valence-corrected chi connectivity index (χ2v) is 4.42. The molecule has 5 heteroatoms. The van der Waals surface area contributed by atoms with Gasteiger partial charge in [-0.15, -0.1) is 0 Å². The molecule has 1 heterocycles. The molecule has 0 bridgehead atoms. The van der Waals surface area contributed by atoms with Crippen LogP contribution in [0.4, 0.5) is 4.39 Å². The van der Waals surface area contributed by atoms with Gasteiger partial charge >= 0.3 is 0 Å². The second-order valence-electron chi connectivity index (χ2n) is 3.26. The summed E-state index contributed by atoms with van der Waals surface area (Å²) in [5, 5.41) is 0.0301. The summed E-state index contributed by atoms with van der Waals surface area (Å²) in [6, 6.07) is 7.39. The van der Waals surface area contributed by atoms with Crippen molar-refractivity contribution in [2.75, 3.05) is 0 Å². The quantitative estimate of drug-likeness (QED) is 0.914. The second kappa shape index (κ2) is 4.57. The molecule has 0 aliphatic rings. The summed E-state index contributed by atoms with van der Waals surface area (Å²) in [5.41, 5.74) is 6.44. The smallest absolute Gasteiger partial charge is 0.169 e. The number of furan rings is 1. The molecule has 0 aliphatic heterocycles. The van der Waals surface area contributed by atoms with Gasteiger partial charge in [-0.05, 0) is 39.7 Å². The highest BCUT2D eigenvalue weighted by atomic mass is 79.9. The molecule has 2 nitrogen and oxygen atoms in total. The Morgan fingerprint density at radius 1 is 1.31 bits per heavy atom. The predicted molar refractivity (Wildman–Crippen MR) is 63.8 cm³/mol. The van der Waals surface area contributed by atoms with Gasteiger partial charge in [0.2, 0.25) is 0 Å². The van der Waals surface area contributed by atoms with E-state index in [-0.39, 0.29) is 5.02 Å². The van der Waals surface area contributed by atoms with E-state index in [2.05, 4.69) is 15.9 Å². The van der Waals surface area contributed by atoms with Crippen LogP contribution in [0.5, 0.6) is 0 Å². The molecule has 84 valence electrons. The molecule has 0 aliphatic carbocycles. The summed E-state index contributed by atoms with van der Waals surface area (Å²) in [7, 11) is 0. The molecule has 0 amide bonds. The number of benzene rings is 1. The normalized spacial score (nSPS) is 12.8. The van der Waals surface area contributed by atoms with Gasteiger partial charge in [0.1, 0.15) is 11.6 Å². The first-order chi connectivity index (χ1) is 7.59. The van der Waals surface area contributed by atoms with Crippen LogP contribution in [0.1, 0.15) is 17.4 Å². The van der Waals surface area contributed by atoms with E-state index < -0.39 is 11.9 Å². The van der Waals surface area contributed by atoms with E-state index >= 15 is 0 Å². The lowest BCUT2D eigenvalue weighted by Gasteiger charge is -2.11. The van der Waals surface area contributed by atoms with Crippen LogP contribution in [-0.2, 0) is 0 Å². The first-order valence-corrected chi connectivity index (χ1v) is 5.71. The topological polar surface area (TPSA) is 39.2 Å². The van der Waals surface area contributed by atoms with Crippen molar-refractivity contribution in [2.24, 2.45) is 5.73 Å². The van der Waals surface area contributed by atoms with Gasteiger partial charge in [-0.1, -0.05) is 23.7 Å². The number of hydrogen-bond acceptors (Lipinski definition) is 2. The Morgan fingerprint density at radius 3 is 2.69 bits per heavy atom. The Morgan fingerprint density at radius 2 is 2.06 bits per heavy atom. The summed E-state index contributed by atoms with van der Waals surface area (Å²) in [6.45, 7) is 0. The first kappa shape index (κ1) is 11.6.